The molecule has 0 spiro atoms. The molecule has 11 rings (SSSR count). The van der Waals surface area contributed by atoms with Gasteiger partial charge < -0.3 is 13.9 Å². The van der Waals surface area contributed by atoms with Gasteiger partial charge in [0.25, 0.3) is 0 Å². The molecule has 0 unspecified atom stereocenters. The Kier molecular flexibility index (Phi) is 4.66. The molecule has 0 saturated heterocycles. The molecule has 0 fully saturated rings. The van der Waals surface area contributed by atoms with E-state index in [1.807, 2.05) is 0 Å². The summed E-state index contributed by atoms with van der Waals surface area (Å²) in [5.41, 5.74) is 15.2. The third-order valence-corrected chi connectivity index (χ3v) is 10.3. The maximum atomic E-state index is 2.63. The number of fused-ring (bicyclic) bond motifs is 11. The predicted octanol–water partition coefficient (Wildman–Crippen LogP) is 9.31. The first-order chi connectivity index (χ1) is 22.9. The molecule has 46 heavy (non-hydrogen) atoms. The minimum atomic E-state index is 0.0294. The van der Waals surface area contributed by atoms with Crippen molar-refractivity contribution in [3.63, 3.8) is 0 Å². The van der Waals surface area contributed by atoms with E-state index in [2.05, 4.69) is 172 Å². The highest BCUT2D eigenvalue weighted by Crippen LogP contribution is 2.49. The first kappa shape index (κ1) is 24.3. The van der Waals surface area contributed by atoms with Crippen molar-refractivity contribution in [1.29, 1.82) is 0 Å². The van der Waals surface area contributed by atoms with Gasteiger partial charge in [-0.05, 0) is 65.0 Å². The molecule has 2 aromatic heterocycles. The van der Waals surface area contributed by atoms with Crippen molar-refractivity contribution in [2.45, 2.75) is 0 Å². The summed E-state index contributed by atoms with van der Waals surface area (Å²) >= 11 is 0. The Bertz CT molecular complexity index is 2700. The molecule has 0 amide bonds. The van der Waals surface area contributed by atoms with E-state index in [4.69, 9.17) is 0 Å². The number of hydrogen-bond acceptors (Lipinski definition) is 1. The van der Waals surface area contributed by atoms with Gasteiger partial charge in [0.15, 0.2) is 0 Å². The second kappa shape index (κ2) is 8.80. The summed E-state index contributed by atoms with van der Waals surface area (Å²) in [6.45, 7) is 0.0294. The van der Waals surface area contributed by atoms with E-state index in [1.54, 1.807) is 0 Å². The summed E-state index contributed by atoms with van der Waals surface area (Å²) in [7, 11) is 0. The van der Waals surface area contributed by atoms with Crippen molar-refractivity contribution in [2.24, 2.45) is 0 Å². The second-order valence-electron chi connectivity index (χ2n) is 12.5. The Morgan fingerprint density at radius 2 is 1.11 bits per heavy atom. The van der Waals surface area contributed by atoms with Crippen LogP contribution in [0.5, 0.6) is 0 Å². The van der Waals surface area contributed by atoms with Gasteiger partial charge in [-0.3, -0.25) is 0 Å². The van der Waals surface area contributed by atoms with E-state index in [0.29, 0.717) is 0 Å². The molecule has 7 aromatic carbocycles. The first-order valence-electron chi connectivity index (χ1n) is 16.0. The van der Waals surface area contributed by atoms with Crippen LogP contribution in [-0.4, -0.2) is 15.9 Å². The van der Waals surface area contributed by atoms with Crippen LogP contribution in [0.25, 0.3) is 60.4 Å². The summed E-state index contributed by atoms with van der Waals surface area (Å²) < 4.78 is 5.10. The zero-order chi connectivity index (χ0) is 29.9. The Morgan fingerprint density at radius 3 is 1.93 bits per heavy atom. The zero-order valence-electron chi connectivity index (χ0n) is 24.9. The zero-order valence-corrected chi connectivity index (χ0v) is 24.9. The van der Waals surface area contributed by atoms with E-state index in [1.165, 1.54) is 88.4 Å². The minimum Gasteiger partial charge on any atom is -0.375 e. The Morgan fingerprint density at radius 1 is 0.457 bits per heavy atom. The lowest BCUT2D eigenvalue weighted by molar-refractivity contribution is 1.18. The van der Waals surface area contributed by atoms with Crippen molar-refractivity contribution < 1.29 is 0 Å². The molecule has 3 nitrogen and oxygen atoms in total. The molecule has 4 heterocycles. The predicted molar refractivity (Wildman–Crippen MR) is 194 cm³/mol. The van der Waals surface area contributed by atoms with Crippen molar-refractivity contribution in [3.05, 3.63) is 158 Å². The number of para-hydroxylation sites is 6. The van der Waals surface area contributed by atoms with E-state index in [9.17, 15) is 0 Å². The van der Waals surface area contributed by atoms with Crippen LogP contribution >= 0.6 is 0 Å². The number of nitrogens with zero attached hydrogens (tertiary/aromatic N) is 3. The monoisotopic (exact) mass is 583 g/mol. The quantitative estimate of drug-likeness (QED) is 0.185. The maximum absolute atomic E-state index is 2.63. The highest BCUT2D eigenvalue weighted by Gasteiger charge is 2.43. The molecule has 0 atom stereocenters. The van der Waals surface area contributed by atoms with E-state index in [-0.39, 0.29) is 6.85 Å². The average molecular weight is 584 g/mol. The standard InChI is InChI=1S/C42H26BN3/c1-3-14-27(15-4-1)44-34-23-10-8-19-31(34)39-37(44)26-38-41-40(39)32-21-13-20-30-29-18-7-11-24-35(29)46(42(30)32)43(41)33-22-9-12-25-36(33)45(38)28-16-5-2-6-17-28/h1-26H. The van der Waals surface area contributed by atoms with Gasteiger partial charge in [-0.2, -0.15) is 0 Å². The molecule has 4 heteroatoms. The van der Waals surface area contributed by atoms with Gasteiger partial charge in [-0.15, -0.1) is 0 Å². The van der Waals surface area contributed by atoms with Crippen molar-refractivity contribution in [2.75, 3.05) is 4.90 Å². The van der Waals surface area contributed by atoms with Gasteiger partial charge in [0.05, 0.1) is 11.0 Å². The molecule has 9 aromatic rings. The van der Waals surface area contributed by atoms with Crippen LogP contribution in [0.3, 0.4) is 0 Å². The molecule has 212 valence electrons. The minimum absolute atomic E-state index is 0.0294. The fourth-order valence-electron chi connectivity index (χ4n) is 8.58. The Hall–Kier alpha value is -6.00. The Labute approximate surface area is 266 Å². The third-order valence-electron chi connectivity index (χ3n) is 10.3. The van der Waals surface area contributed by atoms with E-state index in [0.717, 1.165) is 0 Å². The molecule has 0 bridgehead atoms. The molecular formula is C42H26BN3. The lowest BCUT2D eigenvalue weighted by Gasteiger charge is -2.40. The van der Waals surface area contributed by atoms with Gasteiger partial charge in [0.2, 0.25) is 0 Å². The van der Waals surface area contributed by atoms with Gasteiger partial charge in [0.1, 0.15) is 0 Å². The SMILES string of the molecule is c1ccc(N2c3ccccc3B3c4c2cc2c(c4-c4cccc5c6ccccc6n3c45)c3ccccc3n2-c2ccccc2)cc1. The van der Waals surface area contributed by atoms with E-state index < -0.39 is 0 Å². The first-order valence-corrected chi connectivity index (χ1v) is 16.0. The van der Waals surface area contributed by atoms with Gasteiger partial charge in [-0.25, -0.2) is 0 Å². The number of benzene rings is 7. The van der Waals surface area contributed by atoms with Gasteiger partial charge in [-0.1, -0.05) is 109 Å². The largest absolute Gasteiger partial charge is 0.375 e. The highest BCUT2D eigenvalue weighted by atomic mass is 15.2. The summed E-state index contributed by atoms with van der Waals surface area (Å²) in [5, 5.41) is 5.22. The summed E-state index contributed by atoms with van der Waals surface area (Å²) in [6.07, 6.45) is 0. The Balaban J connectivity index is 1.43. The van der Waals surface area contributed by atoms with Crippen LogP contribution in [0.4, 0.5) is 17.1 Å². The number of hydrogen-bond donors (Lipinski definition) is 0. The van der Waals surface area contributed by atoms with Crippen molar-refractivity contribution >= 4 is 78.4 Å². The molecule has 2 aliphatic rings. The average Bonchev–Trinajstić information content (AvgIpc) is 3.64. The highest BCUT2D eigenvalue weighted by molar-refractivity contribution is 6.90. The smallest absolute Gasteiger partial charge is 0.333 e. The number of anilines is 3. The van der Waals surface area contributed by atoms with Crippen molar-refractivity contribution in [1.82, 2.24) is 9.05 Å². The van der Waals surface area contributed by atoms with E-state index >= 15 is 0 Å². The van der Waals surface area contributed by atoms with Crippen LogP contribution in [0.15, 0.2) is 158 Å². The summed E-state index contributed by atoms with van der Waals surface area (Å²) in [5.74, 6) is 0. The number of rotatable bonds is 2. The van der Waals surface area contributed by atoms with Crippen LogP contribution in [0, 0.1) is 0 Å². The fraction of sp³-hybridized carbons (Fsp3) is 0. The molecule has 0 saturated carbocycles. The maximum Gasteiger partial charge on any atom is 0.333 e. The molecule has 2 aliphatic heterocycles. The normalized spacial score (nSPS) is 13.1. The van der Waals surface area contributed by atoms with Crippen LogP contribution in [0.1, 0.15) is 0 Å². The molecule has 0 aliphatic carbocycles. The fourth-order valence-corrected chi connectivity index (χ4v) is 8.58. The van der Waals surface area contributed by atoms with Gasteiger partial charge in [0, 0.05) is 60.9 Å². The summed E-state index contributed by atoms with van der Waals surface area (Å²) in [4.78, 5) is 2.49. The van der Waals surface area contributed by atoms with Gasteiger partial charge >= 0.3 is 6.85 Å². The third kappa shape index (κ3) is 2.94. The number of aromatic nitrogens is 2. The summed E-state index contributed by atoms with van der Waals surface area (Å²) in [6, 6.07) is 58.0. The lowest BCUT2D eigenvalue weighted by atomic mass is 9.45. The van der Waals surface area contributed by atoms with Crippen LogP contribution < -0.4 is 15.8 Å². The topological polar surface area (TPSA) is 13.1 Å². The molecule has 0 radical (unpaired) electrons. The molecule has 0 N–H and O–H groups in total. The van der Waals surface area contributed by atoms with Crippen molar-refractivity contribution in [3.8, 4) is 16.8 Å². The lowest BCUT2D eigenvalue weighted by Crippen LogP contribution is -2.56. The second-order valence-corrected chi connectivity index (χ2v) is 12.5. The van der Waals surface area contributed by atoms with Crippen LogP contribution in [0.2, 0.25) is 0 Å². The van der Waals surface area contributed by atoms with Crippen LogP contribution in [-0.2, 0) is 0 Å². The molecular weight excluding hydrogens is 557 g/mol.